The molecule has 2 atom stereocenters. The lowest BCUT2D eigenvalue weighted by Crippen LogP contribution is -2.36. The highest BCUT2D eigenvalue weighted by Gasteiger charge is 2.50. The van der Waals surface area contributed by atoms with E-state index in [0.29, 0.717) is 15.7 Å². The topological polar surface area (TPSA) is 61.8 Å². The van der Waals surface area contributed by atoms with Crippen LogP contribution < -0.4 is 10.3 Å². The maximum absolute atomic E-state index is 12.1. The number of fused-ring (bicyclic) bond motifs is 1. The van der Waals surface area contributed by atoms with E-state index >= 15 is 0 Å². The van der Waals surface area contributed by atoms with Crippen LogP contribution in [0.4, 0.5) is 5.69 Å². The molecule has 0 unspecified atom stereocenters. The van der Waals surface area contributed by atoms with E-state index in [2.05, 4.69) is 10.5 Å². The zero-order valence-corrected chi connectivity index (χ0v) is 10.4. The monoisotopic (exact) mass is 283 g/mol. The molecule has 7 heteroatoms. The van der Waals surface area contributed by atoms with Gasteiger partial charge in [0.2, 0.25) is 5.91 Å². The summed E-state index contributed by atoms with van der Waals surface area (Å²) in [5.41, 5.74) is 2.92. The lowest BCUT2D eigenvalue weighted by molar-refractivity contribution is -0.122. The van der Waals surface area contributed by atoms with E-state index < -0.39 is 12.0 Å². The van der Waals surface area contributed by atoms with E-state index in [1.54, 1.807) is 12.1 Å². The average Bonchev–Trinajstić information content (AvgIpc) is 2.89. The van der Waals surface area contributed by atoms with Gasteiger partial charge in [0.25, 0.3) is 5.91 Å². The number of anilines is 1. The number of halogens is 2. The molecular weight excluding hydrogens is 277 g/mol. The van der Waals surface area contributed by atoms with Gasteiger partial charge < -0.3 is 0 Å². The van der Waals surface area contributed by atoms with Crippen LogP contribution in [-0.4, -0.2) is 24.1 Å². The first kappa shape index (κ1) is 11.5. The van der Waals surface area contributed by atoms with E-state index in [1.165, 1.54) is 12.3 Å². The van der Waals surface area contributed by atoms with Crippen LogP contribution in [0, 0.1) is 5.92 Å². The van der Waals surface area contributed by atoms with Gasteiger partial charge in [0.15, 0.2) is 0 Å². The second kappa shape index (κ2) is 3.96. The fourth-order valence-corrected chi connectivity index (χ4v) is 2.44. The van der Waals surface area contributed by atoms with Crippen molar-refractivity contribution in [3.8, 4) is 0 Å². The average molecular weight is 284 g/mol. The van der Waals surface area contributed by atoms with Gasteiger partial charge in [-0.1, -0.05) is 23.2 Å². The Morgan fingerprint density at radius 2 is 2.00 bits per heavy atom. The maximum atomic E-state index is 12.1. The van der Waals surface area contributed by atoms with E-state index in [9.17, 15) is 9.59 Å². The number of hydrazone groups is 1. The normalized spacial score (nSPS) is 25.6. The van der Waals surface area contributed by atoms with Gasteiger partial charge in [-0.05, 0) is 18.2 Å². The molecule has 92 valence electrons. The van der Waals surface area contributed by atoms with Gasteiger partial charge in [0.1, 0.15) is 12.0 Å². The third kappa shape index (κ3) is 1.51. The van der Waals surface area contributed by atoms with Crippen molar-refractivity contribution in [2.75, 3.05) is 4.90 Å². The van der Waals surface area contributed by atoms with E-state index in [4.69, 9.17) is 23.2 Å². The number of rotatable bonds is 1. The number of carbonyl (C=O) groups excluding carboxylic acids is 2. The van der Waals surface area contributed by atoms with Crippen molar-refractivity contribution in [3.63, 3.8) is 0 Å². The van der Waals surface area contributed by atoms with Crippen LogP contribution in [0.1, 0.15) is 0 Å². The third-order valence-corrected chi connectivity index (χ3v) is 3.50. The summed E-state index contributed by atoms with van der Waals surface area (Å²) in [5, 5.41) is 4.45. The Hall–Kier alpha value is -1.59. The number of nitrogens with one attached hydrogen (secondary N) is 1. The van der Waals surface area contributed by atoms with Crippen LogP contribution in [0.2, 0.25) is 10.0 Å². The summed E-state index contributed by atoms with van der Waals surface area (Å²) in [7, 11) is 0. The van der Waals surface area contributed by atoms with Crippen molar-refractivity contribution < 1.29 is 9.59 Å². The summed E-state index contributed by atoms with van der Waals surface area (Å²) >= 11 is 11.9. The minimum Gasteiger partial charge on any atom is -0.297 e. The largest absolute Gasteiger partial charge is 0.297 e. The molecule has 1 N–H and O–H groups in total. The molecule has 0 saturated carbocycles. The number of nitrogens with zero attached hydrogens (tertiary/aromatic N) is 2. The Bertz CT molecular complexity index is 588. The van der Waals surface area contributed by atoms with Crippen molar-refractivity contribution in [1.29, 1.82) is 0 Å². The number of hydrogen-bond acceptors (Lipinski definition) is 4. The van der Waals surface area contributed by atoms with E-state index in [-0.39, 0.29) is 11.8 Å². The van der Waals surface area contributed by atoms with Gasteiger partial charge >= 0.3 is 0 Å². The first-order chi connectivity index (χ1) is 8.59. The molecular formula is C11H7Cl2N3O2. The minimum atomic E-state index is -0.632. The molecule has 0 bridgehead atoms. The molecule has 1 aromatic rings. The Balaban J connectivity index is 2.07. The van der Waals surface area contributed by atoms with Crippen LogP contribution in [0.3, 0.4) is 0 Å². The Labute approximate surface area is 112 Å². The highest BCUT2D eigenvalue weighted by molar-refractivity contribution is 6.38. The number of carbonyl (C=O) groups is 2. The standard InChI is InChI=1S/C11H7Cl2N3O2/c12-5-1-2-7(13)8(3-5)16-10(17)6-4-14-15-9(6)11(16)18/h1-4,6,9,15H/t6-,9+/m1/s1. The van der Waals surface area contributed by atoms with Crippen LogP contribution in [0.25, 0.3) is 0 Å². The molecule has 5 nitrogen and oxygen atoms in total. The zero-order valence-electron chi connectivity index (χ0n) is 8.93. The van der Waals surface area contributed by atoms with Crippen molar-refractivity contribution in [2.24, 2.45) is 11.0 Å². The second-order valence-electron chi connectivity index (χ2n) is 4.02. The van der Waals surface area contributed by atoms with Crippen molar-refractivity contribution in [3.05, 3.63) is 28.2 Å². The molecule has 1 saturated heterocycles. The highest BCUT2D eigenvalue weighted by Crippen LogP contribution is 2.34. The van der Waals surface area contributed by atoms with Gasteiger partial charge in [-0.3, -0.25) is 15.0 Å². The smallest absolute Gasteiger partial charge is 0.259 e. The van der Waals surface area contributed by atoms with Gasteiger partial charge in [-0.15, -0.1) is 0 Å². The van der Waals surface area contributed by atoms with Gasteiger partial charge in [-0.2, -0.15) is 5.10 Å². The Kier molecular flexibility index (Phi) is 2.53. The number of imide groups is 1. The van der Waals surface area contributed by atoms with E-state index in [1.807, 2.05) is 0 Å². The van der Waals surface area contributed by atoms with Crippen molar-refractivity contribution >= 4 is 46.9 Å². The van der Waals surface area contributed by atoms with Crippen molar-refractivity contribution in [1.82, 2.24) is 5.43 Å². The Morgan fingerprint density at radius 1 is 1.22 bits per heavy atom. The van der Waals surface area contributed by atoms with Crippen LogP contribution in [0.15, 0.2) is 23.3 Å². The van der Waals surface area contributed by atoms with E-state index in [0.717, 1.165) is 4.90 Å². The zero-order chi connectivity index (χ0) is 12.9. The summed E-state index contributed by atoms with van der Waals surface area (Å²) in [6.07, 6.45) is 1.43. The summed E-state index contributed by atoms with van der Waals surface area (Å²) in [5.74, 6) is -1.28. The van der Waals surface area contributed by atoms with Crippen LogP contribution in [-0.2, 0) is 9.59 Å². The lowest BCUT2D eigenvalue weighted by atomic mass is 10.1. The van der Waals surface area contributed by atoms with Gasteiger partial charge in [0.05, 0.1) is 10.7 Å². The molecule has 0 aliphatic carbocycles. The molecule has 2 aliphatic heterocycles. The predicted molar refractivity (Wildman–Crippen MR) is 67.9 cm³/mol. The fourth-order valence-electron chi connectivity index (χ4n) is 2.08. The fraction of sp³-hybridized carbons (Fsp3) is 0.182. The molecule has 0 radical (unpaired) electrons. The molecule has 2 heterocycles. The van der Waals surface area contributed by atoms with Gasteiger partial charge in [0, 0.05) is 11.2 Å². The number of benzene rings is 1. The predicted octanol–water partition coefficient (Wildman–Crippen LogP) is 1.44. The summed E-state index contributed by atoms with van der Waals surface area (Å²) in [4.78, 5) is 25.3. The highest BCUT2D eigenvalue weighted by atomic mass is 35.5. The first-order valence-electron chi connectivity index (χ1n) is 5.21. The summed E-state index contributed by atoms with van der Waals surface area (Å²) < 4.78 is 0. The number of hydrogen-bond donors (Lipinski definition) is 1. The van der Waals surface area contributed by atoms with Crippen LogP contribution in [0.5, 0.6) is 0 Å². The molecule has 3 rings (SSSR count). The van der Waals surface area contributed by atoms with Gasteiger partial charge in [-0.25, -0.2) is 4.90 Å². The quantitative estimate of drug-likeness (QED) is 0.794. The summed E-state index contributed by atoms with van der Waals surface area (Å²) in [6, 6.07) is 4.01. The third-order valence-electron chi connectivity index (χ3n) is 2.95. The SMILES string of the molecule is O=C1[C@H]2NN=C[C@H]2C(=O)N1c1cc(Cl)ccc1Cl. The summed E-state index contributed by atoms with van der Waals surface area (Å²) in [6.45, 7) is 0. The molecule has 2 amide bonds. The van der Waals surface area contributed by atoms with Crippen LogP contribution >= 0.6 is 23.2 Å². The molecule has 1 aromatic carbocycles. The number of amides is 2. The molecule has 0 spiro atoms. The minimum absolute atomic E-state index is 0.304. The lowest BCUT2D eigenvalue weighted by Gasteiger charge is -2.16. The first-order valence-corrected chi connectivity index (χ1v) is 5.97. The Morgan fingerprint density at radius 3 is 2.72 bits per heavy atom. The van der Waals surface area contributed by atoms with Crippen molar-refractivity contribution in [2.45, 2.75) is 6.04 Å². The molecule has 18 heavy (non-hydrogen) atoms. The maximum Gasteiger partial charge on any atom is 0.259 e. The second-order valence-corrected chi connectivity index (χ2v) is 4.86. The molecule has 1 fully saturated rings. The molecule has 2 aliphatic rings. The molecule has 0 aromatic heterocycles.